The Kier molecular flexibility index (Phi) is 15.1. The van der Waals surface area contributed by atoms with E-state index in [1.54, 1.807) is 0 Å². The van der Waals surface area contributed by atoms with Crippen LogP contribution >= 0.6 is 0 Å². The standard InChI is InChI=1S/2C11H11.C2H6Si.2ClH.Hf/c2*1-8-6-7-9(2)11-5-3-4-10(8)11;1-3-2;;;/h2*3-7H,1-2H3;1-2H3;2*1H;/q2*-1;;;;+4/p-2. The zero-order valence-corrected chi connectivity index (χ0v) is 23.6. The van der Waals surface area contributed by atoms with Crippen LogP contribution in [0, 0.1) is 27.7 Å². The second-order valence-electron chi connectivity index (χ2n) is 6.60. The summed E-state index contributed by atoms with van der Waals surface area (Å²) >= 11 is 0. The molecular weight excluding hydrogens is 566 g/mol. The van der Waals surface area contributed by atoms with Crippen LogP contribution in [0.4, 0.5) is 0 Å². The second-order valence-corrected chi connectivity index (χ2v) is 7.60. The monoisotopic (exact) mass is 594 g/mol. The summed E-state index contributed by atoms with van der Waals surface area (Å²) in [5.41, 5.74) is 5.48. The largest absolute Gasteiger partial charge is 4.00 e. The summed E-state index contributed by atoms with van der Waals surface area (Å²) in [6.07, 6.45) is 0. The molecule has 4 rings (SSSR count). The molecule has 0 bridgehead atoms. The number of halogens is 2. The van der Waals surface area contributed by atoms with Gasteiger partial charge in [0.1, 0.15) is 0 Å². The molecule has 0 aromatic heterocycles. The Morgan fingerprint density at radius 2 is 0.857 bits per heavy atom. The van der Waals surface area contributed by atoms with Crippen LogP contribution in [-0.2, 0) is 25.8 Å². The third-order valence-electron chi connectivity index (χ3n) is 4.50. The summed E-state index contributed by atoms with van der Waals surface area (Å²) in [4.78, 5) is 0. The van der Waals surface area contributed by atoms with Crippen molar-refractivity contribution in [3.63, 3.8) is 0 Å². The van der Waals surface area contributed by atoms with Crippen molar-refractivity contribution < 1.29 is 50.7 Å². The first-order valence-corrected chi connectivity index (χ1v) is 10.8. The molecule has 0 aliphatic heterocycles. The van der Waals surface area contributed by atoms with Crippen LogP contribution in [0.2, 0.25) is 13.1 Å². The van der Waals surface area contributed by atoms with E-state index in [1.807, 2.05) is 0 Å². The molecule has 2 radical (unpaired) electrons. The van der Waals surface area contributed by atoms with E-state index in [-0.39, 0.29) is 50.7 Å². The third kappa shape index (κ3) is 7.30. The van der Waals surface area contributed by atoms with Gasteiger partial charge in [-0.2, -0.15) is 24.3 Å². The Balaban J connectivity index is 0. The Morgan fingerprint density at radius 3 is 1.14 bits per heavy atom. The van der Waals surface area contributed by atoms with Crippen molar-refractivity contribution in [1.82, 2.24) is 0 Å². The summed E-state index contributed by atoms with van der Waals surface area (Å²) in [5.74, 6) is 0. The van der Waals surface area contributed by atoms with Gasteiger partial charge < -0.3 is 24.8 Å². The molecule has 4 aromatic rings. The van der Waals surface area contributed by atoms with Crippen LogP contribution in [-0.4, -0.2) is 9.52 Å². The minimum Gasteiger partial charge on any atom is -1.00 e. The van der Waals surface area contributed by atoms with Crippen LogP contribution in [0.5, 0.6) is 0 Å². The molecule has 0 aliphatic rings. The van der Waals surface area contributed by atoms with Crippen molar-refractivity contribution in [2.24, 2.45) is 0 Å². The summed E-state index contributed by atoms with van der Waals surface area (Å²) < 4.78 is 0. The van der Waals surface area contributed by atoms with Crippen LogP contribution < -0.4 is 24.8 Å². The van der Waals surface area contributed by atoms with Gasteiger partial charge in [-0.25, -0.2) is 0 Å². The number of benzene rings is 2. The van der Waals surface area contributed by atoms with Crippen LogP contribution in [0.25, 0.3) is 21.5 Å². The van der Waals surface area contributed by atoms with E-state index in [0.717, 1.165) is 9.52 Å². The van der Waals surface area contributed by atoms with E-state index >= 15 is 0 Å². The van der Waals surface area contributed by atoms with Gasteiger partial charge in [0.15, 0.2) is 0 Å². The van der Waals surface area contributed by atoms with Crippen molar-refractivity contribution in [1.29, 1.82) is 0 Å². The van der Waals surface area contributed by atoms with Crippen molar-refractivity contribution >= 4 is 31.1 Å². The topological polar surface area (TPSA) is 0 Å². The van der Waals surface area contributed by atoms with Crippen molar-refractivity contribution in [3.05, 3.63) is 82.9 Å². The quantitative estimate of drug-likeness (QED) is 0.212. The Bertz CT molecular complexity index is 804. The van der Waals surface area contributed by atoms with E-state index in [9.17, 15) is 0 Å². The fourth-order valence-electron chi connectivity index (χ4n) is 3.07. The maximum Gasteiger partial charge on any atom is 4.00 e. The maximum atomic E-state index is 2.18. The summed E-state index contributed by atoms with van der Waals surface area (Å²) in [5, 5.41) is 5.57. The fourth-order valence-corrected chi connectivity index (χ4v) is 3.07. The minimum absolute atomic E-state index is 0. The molecule has 0 saturated carbocycles. The molecule has 0 N–H and O–H groups in total. The molecule has 0 saturated heterocycles. The zero-order valence-electron chi connectivity index (χ0n) is 17.5. The predicted molar refractivity (Wildman–Crippen MR) is 116 cm³/mol. The molecule has 28 heavy (non-hydrogen) atoms. The Labute approximate surface area is 204 Å². The maximum absolute atomic E-state index is 2.18. The van der Waals surface area contributed by atoms with Gasteiger partial charge in [0.05, 0.1) is 0 Å². The number of rotatable bonds is 0. The molecule has 0 heterocycles. The van der Waals surface area contributed by atoms with Gasteiger partial charge in [0.2, 0.25) is 0 Å². The molecule has 0 nitrogen and oxygen atoms in total. The molecular formula is C24H28Cl2HfSi. The fraction of sp³-hybridized carbons (Fsp3) is 0.250. The molecule has 0 amide bonds. The van der Waals surface area contributed by atoms with Crippen LogP contribution in [0.15, 0.2) is 60.7 Å². The molecule has 0 spiro atoms. The van der Waals surface area contributed by atoms with Gasteiger partial charge in [0.25, 0.3) is 0 Å². The van der Waals surface area contributed by atoms with E-state index in [2.05, 4.69) is 101 Å². The zero-order chi connectivity index (χ0) is 18.4. The minimum atomic E-state index is 0. The number of fused-ring (bicyclic) bond motifs is 2. The van der Waals surface area contributed by atoms with Crippen LogP contribution in [0.3, 0.4) is 0 Å². The van der Waals surface area contributed by atoms with Gasteiger partial charge >= 0.3 is 25.8 Å². The molecule has 0 fully saturated rings. The first kappa shape index (κ1) is 29.5. The molecule has 0 atom stereocenters. The van der Waals surface area contributed by atoms with Crippen molar-refractivity contribution in [3.8, 4) is 0 Å². The number of hydrogen-bond donors (Lipinski definition) is 0. The van der Waals surface area contributed by atoms with E-state index < -0.39 is 0 Å². The molecule has 4 aromatic carbocycles. The Morgan fingerprint density at radius 1 is 0.571 bits per heavy atom. The van der Waals surface area contributed by atoms with Gasteiger partial charge in [0, 0.05) is 9.52 Å². The van der Waals surface area contributed by atoms with E-state index in [1.165, 1.54) is 43.8 Å². The molecule has 0 unspecified atom stereocenters. The van der Waals surface area contributed by atoms with E-state index in [4.69, 9.17) is 0 Å². The number of hydrogen-bond acceptors (Lipinski definition) is 0. The average molecular weight is 594 g/mol. The smallest absolute Gasteiger partial charge is 1.00 e. The van der Waals surface area contributed by atoms with Crippen molar-refractivity contribution in [2.75, 3.05) is 0 Å². The van der Waals surface area contributed by atoms with Gasteiger partial charge in [-0.1, -0.05) is 50.2 Å². The summed E-state index contributed by atoms with van der Waals surface area (Å²) in [6.45, 7) is 12.9. The SMILES string of the molecule is C[Si]C.Cc1ccc(C)c2[cH-]ccc12.Cc1ccc(C)c2[cH-]ccc12.[Cl-].[Cl-].[Hf+4]. The first-order valence-electron chi connectivity index (χ1n) is 8.81. The van der Waals surface area contributed by atoms with Gasteiger partial charge in [-0.15, -0.1) is 56.9 Å². The Hall–Kier alpha value is -0.673. The molecule has 4 heteroatoms. The van der Waals surface area contributed by atoms with Gasteiger partial charge in [-0.3, -0.25) is 0 Å². The van der Waals surface area contributed by atoms with Crippen LogP contribution in [0.1, 0.15) is 22.3 Å². The van der Waals surface area contributed by atoms with Gasteiger partial charge in [-0.05, 0) is 13.8 Å². The molecule has 146 valence electrons. The van der Waals surface area contributed by atoms with Crippen molar-refractivity contribution in [2.45, 2.75) is 40.8 Å². The first-order chi connectivity index (χ1) is 12.0. The van der Waals surface area contributed by atoms with E-state index in [0.29, 0.717) is 0 Å². The summed E-state index contributed by atoms with van der Waals surface area (Å²) in [7, 11) is 1.08. The normalized spacial score (nSPS) is 9.07. The average Bonchev–Trinajstić information content (AvgIpc) is 3.26. The second kappa shape index (κ2) is 14.3. The third-order valence-corrected chi connectivity index (χ3v) is 4.50. The predicted octanol–water partition coefficient (Wildman–Crippen LogP) is 1.14. The number of aryl methyl sites for hydroxylation is 4. The summed E-state index contributed by atoms with van der Waals surface area (Å²) in [6, 6.07) is 21.7. The molecule has 0 aliphatic carbocycles.